The SMILES string of the molecule is CC/C=C\C/C=C\C/C=C\C/C=C\CCCCC(=O)OCC(COC(=O)CCCCCCCCCCCCCCCCCCCCCCCCCCCCC)OC(=O)CCCCCCCCCCCCC/C=C\C/C=C\CCCCCCC. The van der Waals surface area contributed by atoms with Gasteiger partial charge in [0.1, 0.15) is 13.2 Å². The van der Waals surface area contributed by atoms with E-state index in [9.17, 15) is 14.4 Å². The van der Waals surface area contributed by atoms with E-state index in [4.69, 9.17) is 14.2 Å². The maximum atomic E-state index is 13.0. The van der Waals surface area contributed by atoms with E-state index in [0.29, 0.717) is 19.3 Å². The molecule has 6 nitrogen and oxygen atoms in total. The largest absolute Gasteiger partial charge is 0.462 e. The van der Waals surface area contributed by atoms with Gasteiger partial charge in [0, 0.05) is 19.3 Å². The van der Waals surface area contributed by atoms with E-state index in [2.05, 4.69) is 93.7 Å². The molecule has 1 unspecified atom stereocenters. The standard InChI is InChI=1S/C77H138O6/c1-4-7-10-13-16-19-22-25-28-30-32-34-36-37-38-39-41-42-44-46-49-52-55-58-61-64-67-70-76(79)82-73-74(72-81-75(78)69-66-63-60-57-54-51-48-27-24-21-18-15-12-9-6-3)83-77(80)71-68-65-62-59-56-53-50-47-45-43-40-35-33-31-29-26-23-20-17-14-11-8-5-2/h9,12,18,21,23,26-27,31,33,48,54,57,74H,4-8,10-11,13-17,19-20,22,24-25,28-30,32,34-47,49-53,55-56,58-73H2,1-3H3/b12-9-,21-18-,26-23-,33-31-,48-27-,57-54-. The van der Waals surface area contributed by atoms with Crippen molar-refractivity contribution < 1.29 is 28.6 Å². The third-order valence-corrected chi connectivity index (χ3v) is 16.2. The Balaban J connectivity index is 4.28. The molecule has 0 amide bonds. The average molecular weight is 1160 g/mol. The van der Waals surface area contributed by atoms with Crippen LogP contribution in [0.1, 0.15) is 380 Å². The summed E-state index contributed by atoms with van der Waals surface area (Å²) in [5, 5.41) is 0. The molecular weight excluding hydrogens is 1020 g/mol. The number of carbonyl (C=O) groups is 3. The van der Waals surface area contributed by atoms with Crippen molar-refractivity contribution >= 4 is 17.9 Å². The molecule has 0 saturated carbocycles. The number of unbranched alkanes of at least 4 members (excludes halogenated alkanes) is 44. The summed E-state index contributed by atoms with van der Waals surface area (Å²) in [7, 11) is 0. The third-order valence-electron chi connectivity index (χ3n) is 16.2. The van der Waals surface area contributed by atoms with E-state index in [1.165, 1.54) is 250 Å². The number of esters is 3. The molecule has 0 aromatic heterocycles. The molecule has 0 aromatic carbocycles. The predicted octanol–water partition coefficient (Wildman–Crippen LogP) is 25.2. The summed E-state index contributed by atoms with van der Waals surface area (Å²) in [4.78, 5) is 38.5. The minimum absolute atomic E-state index is 0.0859. The van der Waals surface area contributed by atoms with Crippen LogP contribution in [-0.2, 0) is 28.6 Å². The van der Waals surface area contributed by atoms with Gasteiger partial charge in [0.25, 0.3) is 0 Å². The molecule has 83 heavy (non-hydrogen) atoms. The van der Waals surface area contributed by atoms with Gasteiger partial charge in [-0.15, -0.1) is 0 Å². The molecule has 6 heteroatoms. The Labute approximate surface area is 516 Å². The zero-order chi connectivity index (χ0) is 59.9. The molecule has 1 atom stereocenters. The Bertz CT molecular complexity index is 1520. The minimum atomic E-state index is -0.794. The van der Waals surface area contributed by atoms with Crippen LogP contribution in [-0.4, -0.2) is 37.2 Å². The molecule has 0 fully saturated rings. The Morgan fingerprint density at radius 3 is 0.759 bits per heavy atom. The second kappa shape index (κ2) is 71.3. The van der Waals surface area contributed by atoms with Crippen LogP contribution in [0.15, 0.2) is 72.9 Å². The van der Waals surface area contributed by atoms with Gasteiger partial charge >= 0.3 is 17.9 Å². The van der Waals surface area contributed by atoms with Crippen molar-refractivity contribution in [2.75, 3.05) is 13.2 Å². The van der Waals surface area contributed by atoms with E-state index in [0.717, 1.165) is 89.9 Å². The van der Waals surface area contributed by atoms with Crippen molar-refractivity contribution in [3.63, 3.8) is 0 Å². The molecule has 0 aromatic rings. The lowest BCUT2D eigenvalue weighted by Gasteiger charge is -2.18. The van der Waals surface area contributed by atoms with Crippen molar-refractivity contribution in [1.29, 1.82) is 0 Å². The molecule has 0 radical (unpaired) electrons. The monoisotopic (exact) mass is 1160 g/mol. The van der Waals surface area contributed by atoms with Gasteiger partial charge in [-0.05, 0) is 89.9 Å². The van der Waals surface area contributed by atoms with Gasteiger partial charge in [-0.25, -0.2) is 0 Å². The number of carbonyl (C=O) groups excluding carboxylic acids is 3. The van der Waals surface area contributed by atoms with Crippen LogP contribution in [0, 0.1) is 0 Å². The van der Waals surface area contributed by atoms with Gasteiger partial charge in [0.15, 0.2) is 6.10 Å². The molecule has 0 aliphatic carbocycles. The fourth-order valence-electron chi connectivity index (χ4n) is 10.8. The lowest BCUT2D eigenvalue weighted by Crippen LogP contribution is -2.30. The van der Waals surface area contributed by atoms with Crippen LogP contribution < -0.4 is 0 Å². The Kier molecular flexibility index (Phi) is 68.6. The smallest absolute Gasteiger partial charge is 0.306 e. The van der Waals surface area contributed by atoms with Gasteiger partial charge in [-0.2, -0.15) is 0 Å². The Morgan fingerprint density at radius 2 is 0.470 bits per heavy atom. The average Bonchev–Trinajstić information content (AvgIpc) is 3.49. The lowest BCUT2D eigenvalue weighted by atomic mass is 10.0. The number of hydrogen-bond acceptors (Lipinski definition) is 6. The van der Waals surface area contributed by atoms with Crippen LogP contribution in [0.25, 0.3) is 0 Å². The Morgan fingerprint density at radius 1 is 0.253 bits per heavy atom. The predicted molar refractivity (Wildman–Crippen MR) is 362 cm³/mol. The zero-order valence-electron chi connectivity index (χ0n) is 55.5. The minimum Gasteiger partial charge on any atom is -0.462 e. The molecule has 0 rings (SSSR count). The highest BCUT2D eigenvalue weighted by Crippen LogP contribution is 2.18. The van der Waals surface area contributed by atoms with Gasteiger partial charge in [-0.1, -0.05) is 344 Å². The second-order valence-corrected chi connectivity index (χ2v) is 24.5. The summed E-state index contributed by atoms with van der Waals surface area (Å²) in [6.45, 7) is 6.54. The molecule has 0 spiro atoms. The van der Waals surface area contributed by atoms with Crippen LogP contribution in [0.3, 0.4) is 0 Å². The van der Waals surface area contributed by atoms with Gasteiger partial charge < -0.3 is 14.2 Å². The van der Waals surface area contributed by atoms with E-state index < -0.39 is 6.10 Å². The quantitative estimate of drug-likeness (QED) is 0.0261. The fourth-order valence-corrected chi connectivity index (χ4v) is 10.8. The van der Waals surface area contributed by atoms with Crippen molar-refractivity contribution in [3.8, 4) is 0 Å². The molecular formula is C77H138O6. The second-order valence-electron chi connectivity index (χ2n) is 24.5. The lowest BCUT2D eigenvalue weighted by molar-refractivity contribution is -0.167. The van der Waals surface area contributed by atoms with Gasteiger partial charge in [-0.3, -0.25) is 14.4 Å². The van der Waals surface area contributed by atoms with E-state index in [-0.39, 0.29) is 31.1 Å². The summed E-state index contributed by atoms with van der Waals surface area (Å²) in [5.74, 6) is -0.909. The molecule has 0 saturated heterocycles. The molecule has 482 valence electrons. The van der Waals surface area contributed by atoms with Crippen molar-refractivity contribution in [2.45, 2.75) is 386 Å². The van der Waals surface area contributed by atoms with Gasteiger partial charge in [0.05, 0.1) is 0 Å². The van der Waals surface area contributed by atoms with E-state index >= 15 is 0 Å². The first-order chi connectivity index (χ1) is 41.0. The van der Waals surface area contributed by atoms with E-state index in [1.54, 1.807) is 0 Å². The first kappa shape index (κ1) is 79.8. The maximum Gasteiger partial charge on any atom is 0.306 e. The van der Waals surface area contributed by atoms with Crippen LogP contribution >= 0.6 is 0 Å². The number of allylic oxidation sites excluding steroid dienone is 12. The van der Waals surface area contributed by atoms with Crippen LogP contribution in [0.4, 0.5) is 0 Å². The summed E-state index contributed by atoms with van der Waals surface area (Å²) < 4.78 is 17.0. The van der Waals surface area contributed by atoms with Gasteiger partial charge in [0.2, 0.25) is 0 Å². The first-order valence-electron chi connectivity index (χ1n) is 36.4. The highest BCUT2D eigenvalue weighted by atomic mass is 16.6. The first-order valence-corrected chi connectivity index (χ1v) is 36.4. The summed E-state index contributed by atoms with van der Waals surface area (Å²) in [6.07, 6.45) is 93.8. The fraction of sp³-hybridized carbons (Fsp3) is 0.805. The zero-order valence-corrected chi connectivity index (χ0v) is 55.5. The highest BCUT2D eigenvalue weighted by Gasteiger charge is 2.19. The van der Waals surface area contributed by atoms with Crippen LogP contribution in [0.5, 0.6) is 0 Å². The molecule has 0 aliphatic heterocycles. The summed E-state index contributed by atoms with van der Waals surface area (Å²) in [6, 6.07) is 0. The highest BCUT2D eigenvalue weighted by molar-refractivity contribution is 5.71. The Hall–Kier alpha value is -3.15. The molecule has 0 bridgehead atoms. The van der Waals surface area contributed by atoms with E-state index in [1.807, 2.05) is 0 Å². The summed E-state index contributed by atoms with van der Waals surface area (Å²) in [5.41, 5.74) is 0. The molecule has 0 heterocycles. The van der Waals surface area contributed by atoms with Crippen molar-refractivity contribution in [1.82, 2.24) is 0 Å². The third kappa shape index (κ3) is 69.5. The maximum absolute atomic E-state index is 13.0. The topological polar surface area (TPSA) is 78.9 Å². The molecule has 0 aliphatic rings. The van der Waals surface area contributed by atoms with Crippen LogP contribution in [0.2, 0.25) is 0 Å². The number of rotatable bonds is 67. The number of hydrogen-bond donors (Lipinski definition) is 0. The number of ether oxygens (including phenoxy) is 3. The van der Waals surface area contributed by atoms with Crippen molar-refractivity contribution in [2.24, 2.45) is 0 Å². The summed E-state index contributed by atoms with van der Waals surface area (Å²) >= 11 is 0. The van der Waals surface area contributed by atoms with Crippen molar-refractivity contribution in [3.05, 3.63) is 72.9 Å². The molecule has 0 N–H and O–H groups in total. The normalized spacial score (nSPS) is 12.5.